The first-order valence-electron chi connectivity index (χ1n) is 44.4. The van der Waals surface area contributed by atoms with Gasteiger partial charge in [-0.05, 0) is 130 Å². The predicted octanol–water partition coefficient (Wildman–Crippen LogP) is 1.41. The largest absolute Gasteiger partial charge is 0.508 e. The predicted molar refractivity (Wildman–Crippen MR) is 500 cm³/mol. The lowest BCUT2D eigenvalue weighted by Gasteiger charge is -2.29. The molecule has 39 heteroatoms. The molecule has 0 bridgehead atoms. The number of likely N-dealkylation sites (N-methyl/N-ethyl adjacent to an activating group) is 1. The molecule has 2 aromatic heterocycles. The Bertz CT molecular complexity index is 5510. The molecule has 134 heavy (non-hydrogen) atoms. The molecule has 714 valence electrons. The summed E-state index contributed by atoms with van der Waals surface area (Å²) in [5.41, 5.74) is 16.9. The first-order valence-corrected chi connectivity index (χ1v) is 44.4. The molecule has 9 rings (SSSR count). The molecule has 8 aromatic rings. The number of benzodiazepines with no additional fused rings is 1. The van der Waals surface area contributed by atoms with Crippen molar-refractivity contribution in [1.29, 1.82) is 5.41 Å². The number of aliphatic carboxylic acids is 1. The second-order valence-electron chi connectivity index (χ2n) is 33.8. The molecule has 2 unspecified atom stereocenters. The summed E-state index contributed by atoms with van der Waals surface area (Å²) in [6, 6.07) is 26.4. The van der Waals surface area contributed by atoms with Crippen molar-refractivity contribution in [2.24, 2.45) is 28.3 Å². The van der Waals surface area contributed by atoms with Gasteiger partial charge in [0.15, 0.2) is 5.96 Å². The van der Waals surface area contributed by atoms with E-state index < -0.39 is 193 Å². The van der Waals surface area contributed by atoms with Crippen LogP contribution >= 0.6 is 0 Å². The number of phenols is 1. The topological polar surface area (TPSA) is 608 Å². The van der Waals surface area contributed by atoms with Gasteiger partial charge in [-0.15, -0.1) is 0 Å². The summed E-state index contributed by atoms with van der Waals surface area (Å²) in [7, 11) is 1.53. The number of benzene rings is 6. The van der Waals surface area contributed by atoms with Crippen LogP contribution in [-0.2, 0) is 97.6 Å². The molecular weight excluding hydrogens is 1720 g/mol. The number of hydrogen-bond donors (Lipinski definition) is 22. The minimum atomic E-state index is -1.81. The van der Waals surface area contributed by atoms with E-state index >= 15 is 19.2 Å². The molecule has 0 saturated heterocycles. The Labute approximate surface area is 774 Å². The molecule has 14 amide bonds. The number of aliphatic imine (C=N–C) groups is 1. The number of phenolic OH excluding ortho intramolecular Hbond substituents is 1. The highest BCUT2D eigenvalue weighted by molar-refractivity contribution is 6.20. The first kappa shape index (κ1) is 103. The lowest BCUT2D eigenvalue weighted by atomic mass is 9.99. The molecule has 13 atom stereocenters. The van der Waals surface area contributed by atoms with Gasteiger partial charge in [0, 0.05) is 97.9 Å². The number of guanidine groups is 1. The zero-order chi connectivity index (χ0) is 97.4. The van der Waals surface area contributed by atoms with Crippen LogP contribution in [0.3, 0.4) is 0 Å². The van der Waals surface area contributed by atoms with E-state index in [4.69, 9.17) is 21.9 Å². The molecule has 1 aliphatic rings. The molecule has 0 fully saturated rings. The minimum Gasteiger partial charge on any atom is -0.508 e. The molecule has 3 heterocycles. The van der Waals surface area contributed by atoms with Crippen LogP contribution in [0.25, 0.3) is 21.8 Å². The maximum Gasteiger partial charge on any atom is 0.303 e. The van der Waals surface area contributed by atoms with Crippen LogP contribution in [-0.4, -0.2) is 231 Å². The van der Waals surface area contributed by atoms with Gasteiger partial charge < -0.3 is 116 Å². The summed E-state index contributed by atoms with van der Waals surface area (Å²) in [6.45, 7) is 9.73. The summed E-state index contributed by atoms with van der Waals surface area (Å²) >= 11 is 0. The molecule has 0 saturated carbocycles. The second kappa shape index (κ2) is 49.9. The van der Waals surface area contributed by atoms with E-state index in [1.54, 1.807) is 167 Å². The monoisotopic (exact) mass is 1840 g/mol. The smallest absolute Gasteiger partial charge is 0.303 e. The van der Waals surface area contributed by atoms with Crippen molar-refractivity contribution < 1.29 is 87.2 Å². The molecule has 0 aliphatic carbocycles. The number of nitrogens with one attached hydrogen (secondary N) is 17. The number of unbranched alkanes of at least 4 members (excludes halogenated alkanes) is 1. The summed E-state index contributed by atoms with van der Waals surface area (Å²) in [6.07, 6.45) is 0.135. The van der Waals surface area contributed by atoms with Gasteiger partial charge in [-0.25, -0.2) is 4.99 Å². The lowest BCUT2D eigenvalue weighted by molar-refractivity contribution is -0.139. The number of para-hydroxylation sites is 3. The highest BCUT2D eigenvalue weighted by Crippen LogP contribution is 2.29. The number of rotatable bonds is 49. The van der Waals surface area contributed by atoms with E-state index in [2.05, 4.69) is 84.4 Å². The quantitative estimate of drug-likeness (QED) is 0.0146. The Morgan fingerprint density at radius 3 is 1.43 bits per heavy atom. The number of aromatic amines is 2. The van der Waals surface area contributed by atoms with Gasteiger partial charge >= 0.3 is 5.97 Å². The summed E-state index contributed by atoms with van der Waals surface area (Å²) in [5, 5.41) is 77.1. The van der Waals surface area contributed by atoms with Gasteiger partial charge in [0.1, 0.15) is 78.3 Å². The summed E-state index contributed by atoms with van der Waals surface area (Å²) in [4.78, 5) is 227. The highest BCUT2D eigenvalue weighted by Gasteiger charge is 2.40. The number of anilines is 1. The average Bonchev–Trinajstić information content (AvgIpc) is 1.64. The van der Waals surface area contributed by atoms with E-state index in [0.717, 1.165) is 5.56 Å². The summed E-state index contributed by atoms with van der Waals surface area (Å²) < 4.78 is 0. The number of amides is 14. The van der Waals surface area contributed by atoms with E-state index in [-0.39, 0.29) is 82.1 Å². The zero-order valence-corrected chi connectivity index (χ0v) is 75.9. The van der Waals surface area contributed by atoms with Crippen molar-refractivity contribution in [3.8, 4) is 5.75 Å². The number of nitrogens with zero attached hydrogens (tertiary/aromatic N) is 2. The molecule has 39 nitrogen and oxygen atoms in total. The number of hydrogen-bond acceptors (Lipinski definition) is 20. The van der Waals surface area contributed by atoms with Gasteiger partial charge in [-0.3, -0.25) is 77.3 Å². The van der Waals surface area contributed by atoms with E-state index in [9.17, 15) is 68.1 Å². The number of carboxylic acids is 1. The SMILES string of the molecule is CC(=O)N[C@@H](Cc1ccccc1)C(=O)N[C@@H](C)C(=O)N[C@@H](CCCCN)C(=O)N[C@@H](Cc1ccc(O)cc1)C(=O)N[C@@H](CC(C)C)C(=O)N[C@@H](Cc1c[nH]c2ccccc12)C(=O)N[C@@H](CCC(=O)O)C(=O)N[C@@H](Cc1c[nH]c2ccccc12)C(=O)N[C@@H](C)C(=O)N[C@@H](CO)C(=O)N[C@H](C(=O)NC(CCCNC(=N)N)C(=O)NC1N=C(c2ccccc2)c2ccccc2N(C)C1=O)C(C)C. The number of carboxylic acid groups (broad SMARTS) is 1. The van der Waals surface area contributed by atoms with Crippen LogP contribution in [0.4, 0.5) is 5.69 Å². The Kier molecular flexibility index (Phi) is 38.3. The van der Waals surface area contributed by atoms with E-state index in [0.29, 0.717) is 73.9 Å². The fourth-order valence-electron chi connectivity index (χ4n) is 15.3. The van der Waals surface area contributed by atoms with Gasteiger partial charge in [0.05, 0.1) is 18.0 Å². The standard InChI is InChI=1S/C95H121N21O18/c1-52(2)44-71(108-90(130)73(46-58-36-38-62(119)39-37-58)109-84(124)68(33-21-22-42-96)105-82(122)54(5)102-87(127)72(104-56(7)118)45-57-24-11-9-12-25-57)89(129)111-75(48-61-50-101-67-32-19-16-29-64(61)67)91(131)106-70(40-41-78(120)121)85(125)110-74(47-60-49-100-66-31-18-15-28-63(60)66)88(128)103-55(6)83(123)112-76(51-117)92(132)114-79(53(3)4)93(133)107-69(34-23-43-99-95(97)98)86(126)115-81-94(134)116(8)77-35-20-17-30-65(77)80(113-81)59-26-13-10-14-27-59/h9-20,24-32,35-39,49-50,52-55,68-76,79,81,100-101,117,119H,21-23,33-34,40-48,51,96H2,1-8H3,(H,102,127)(H,103,128)(H,104,118)(H,105,122)(H,106,131)(H,107,133)(H,108,130)(H,109,124)(H,110,125)(H,111,129)(H,112,123)(H,114,132)(H,115,126)(H,120,121)(H4,97,98,99)/t54-,55-,68-,69?,70-,71-,72-,73-,74-,75-,76-,79-,81?/m0/s1. The second-order valence-corrected chi connectivity index (χ2v) is 33.8. The maximum absolute atomic E-state index is 15.4. The van der Waals surface area contributed by atoms with Crippen LogP contribution in [0.5, 0.6) is 5.75 Å². The van der Waals surface area contributed by atoms with Crippen LogP contribution in [0.1, 0.15) is 133 Å². The third kappa shape index (κ3) is 30.1. The third-order valence-electron chi connectivity index (χ3n) is 22.5. The molecule has 0 radical (unpaired) electrons. The van der Waals surface area contributed by atoms with Crippen LogP contribution in [0.2, 0.25) is 0 Å². The van der Waals surface area contributed by atoms with Gasteiger partial charge in [-0.1, -0.05) is 155 Å². The van der Waals surface area contributed by atoms with Crippen molar-refractivity contribution in [2.45, 2.75) is 204 Å². The highest BCUT2D eigenvalue weighted by atomic mass is 16.4. The van der Waals surface area contributed by atoms with Gasteiger partial charge in [0.2, 0.25) is 83.0 Å². The van der Waals surface area contributed by atoms with Crippen molar-refractivity contribution in [2.75, 3.05) is 31.6 Å². The minimum absolute atomic E-state index is 0.00595. The fraction of sp³-hybridized carbons (Fsp3) is 0.400. The number of carbonyl (C=O) groups is 15. The fourth-order valence-corrected chi connectivity index (χ4v) is 15.3. The molecule has 0 spiro atoms. The molecule has 24 N–H and O–H groups in total. The van der Waals surface area contributed by atoms with Crippen molar-refractivity contribution in [1.82, 2.24) is 84.4 Å². The Balaban J connectivity index is 0.921. The number of nitrogens with two attached hydrogens (primary N) is 2. The third-order valence-corrected chi connectivity index (χ3v) is 22.5. The normalized spacial score (nSPS) is 15.1. The van der Waals surface area contributed by atoms with Gasteiger partial charge in [0.25, 0.3) is 5.91 Å². The first-order chi connectivity index (χ1) is 64.0. The van der Waals surface area contributed by atoms with Gasteiger partial charge in [-0.2, -0.15) is 0 Å². The van der Waals surface area contributed by atoms with E-state index in [1.807, 2.05) is 6.07 Å². The van der Waals surface area contributed by atoms with Crippen LogP contribution in [0, 0.1) is 17.2 Å². The number of aromatic hydroxyl groups is 1. The summed E-state index contributed by atoms with van der Waals surface area (Å²) in [5.74, 6) is -15.4. The van der Waals surface area contributed by atoms with Crippen LogP contribution in [0.15, 0.2) is 175 Å². The molecular formula is C95H121N21O18. The van der Waals surface area contributed by atoms with Crippen molar-refractivity contribution >= 4 is 128 Å². The Morgan fingerprint density at radius 2 is 0.903 bits per heavy atom. The number of aromatic nitrogens is 2. The Morgan fingerprint density at radius 1 is 0.470 bits per heavy atom. The molecule has 1 aliphatic heterocycles. The zero-order valence-electron chi connectivity index (χ0n) is 75.9. The van der Waals surface area contributed by atoms with E-state index in [1.165, 1.54) is 57.0 Å². The average molecular weight is 1850 g/mol. The van der Waals surface area contributed by atoms with Crippen LogP contribution < -0.4 is 90.8 Å². The van der Waals surface area contributed by atoms with Crippen molar-refractivity contribution in [3.05, 3.63) is 203 Å². The number of aliphatic hydroxyl groups excluding tert-OH is 1. The lowest BCUT2D eigenvalue weighted by Crippen LogP contribution is -2.61. The number of carbonyl (C=O) groups excluding carboxylic acids is 14. The van der Waals surface area contributed by atoms with Crippen molar-refractivity contribution in [3.63, 3.8) is 0 Å². The number of aliphatic hydroxyl groups is 1. The molecule has 6 aromatic carbocycles. The number of fused-ring (bicyclic) bond motifs is 3. The Hall–Kier alpha value is -14.9. The maximum atomic E-state index is 15.4. The number of H-pyrrole nitrogens is 2.